The van der Waals surface area contributed by atoms with Crippen LogP contribution in [0.3, 0.4) is 0 Å². The summed E-state index contributed by atoms with van der Waals surface area (Å²) in [5.74, 6) is 0.000718. The Labute approximate surface area is 115 Å². The SMILES string of the molecule is CCN1CCCC(N2C(=O)C(C)(C)NC(=O)C2C)C1. The molecular weight excluding hydrogens is 242 g/mol. The lowest BCUT2D eigenvalue weighted by Crippen LogP contribution is -2.70. The van der Waals surface area contributed by atoms with Gasteiger partial charge in [0.25, 0.3) is 0 Å². The van der Waals surface area contributed by atoms with Crippen LogP contribution in [-0.2, 0) is 9.59 Å². The van der Waals surface area contributed by atoms with E-state index in [1.165, 1.54) is 0 Å². The second kappa shape index (κ2) is 5.12. The summed E-state index contributed by atoms with van der Waals surface area (Å²) in [5, 5.41) is 2.81. The molecule has 108 valence electrons. The number of likely N-dealkylation sites (tertiary alicyclic amines) is 1. The van der Waals surface area contributed by atoms with Gasteiger partial charge in [0.15, 0.2) is 0 Å². The number of hydrogen-bond acceptors (Lipinski definition) is 3. The molecule has 0 spiro atoms. The first-order valence-electron chi connectivity index (χ1n) is 7.24. The second-order valence-corrected chi connectivity index (χ2v) is 6.19. The molecular formula is C14H25N3O2. The van der Waals surface area contributed by atoms with E-state index in [1.807, 2.05) is 11.8 Å². The number of carbonyl (C=O) groups is 2. The monoisotopic (exact) mass is 267 g/mol. The van der Waals surface area contributed by atoms with Crippen LogP contribution in [0, 0.1) is 0 Å². The van der Waals surface area contributed by atoms with Crippen LogP contribution < -0.4 is 5.32 Å². The van der Waals surface area contributed by atoms with E-state index in [4.69, 9.17) is 0 Å². The molecule has 2 saturated heterocycles. The van der Waals surface area contributed by atoms with Crippen molar-refractivity contribution in [2.75, 3.05) is 19.6 Å². The van der Waals surface area contributed by atoms with Crippen LogP contribution in [0.1, 0.15) is 40.5 Å². The summed E-state index contributed by atoms with van der Waals surface area (Å²) >= 11 is 0. The van der Waals surface area contributed by atoms with E-state index in [1.54, 1.807) is 13.8 Å². The quantitative estimate of drug-likeness (QED) is 0.797. The van der Waals surface area contributed by atoms with E-state index in [2.05, 4.69) is 17.1 Å². The number of piperazine rings is 1. The maximum atomic E-state index is 12.6. The van der Waals surface area contributed by atoms with Crippen LogP contribution in [0.25, 0.3) is 0 Å². The molecule has 0 aliphatic carbocycles. The standard InChI is InChI=1S/C14H25N3O2/c1-5-16-8-6-7-11(9-16)17-10(2)12(18)15-14(3,4)13(17)19/h10-11H,5-9H2,1-4H3,(H,15,18). The molecule has 0 aromatic carbocycles. The summed E-state index contributed by atoms with van der Waals surface area (Å²) in [6.07, 6.45) is 2.09. The molecule has 0 bridgehead atoms. The maximum absolute atomic E-state index is 12.6. The Hall–Kier alpha value is -1.10. The highest BCUT2D eigenvalue weighted by Crippen LogP contribution is 2.25. The largest absolute Gasteiger partial charge is 0.340 e. The molecule has 0 aromatic heterocycles. The van der Waals surface area contributed by atoms with Crippen LogP contribution in [0.15, 0.2) is 0 Å². The Morgan fingerprint density at radius 2 is 2.05 bits per heavy atom. The molecule has 2 unspecified atom stereocenters. The fourth-order valence-corrected chi connectivity index (χ4v) is 3.12. The van der Waals surface area contributed by atoms with Gasteiger partial charge in [-0.05, 0) is 46.7 Å². The van der Waals surface area contributed by atoms with Crippen LogP contribution in [0.5, 0.6) is 0 Å². The van der Waals surface area contributed by atoms with Crippen molar-refractivity contribution >= 4 is 11.8 Å². The summed E-state index contributed by atoms with van der Waals surface area (Å²) in [4.78, 5) is 28.8. The molecule has 2 heterocycles. The average Bonchev–Trinajstić information content (AvgIpc) is 2.37. The average molecular weight is 267 g/mol. The van der Waals surface area contributed by atoms with Crippen LogP contribution in [0.4, 0.5) is 0 Å². The fraction of sp³-hybridized carbons (Fsp3) is 0.857. The lowest BCUT2D eigenvalue weighted by molar-refractivity contribution is -0.157. The van der Waals surface area contributed by atoms with Gasteiger partial charge in [-0.15, -0.1) is 0 Å². The molecule has 2 amide bonds. The molecule has 2 atom stereocenters. The van der Waals surface area contributed by atoms with E-state index < -0.39 is 5.54 Å². The van der Waals surface area contributed by atoms with E-state index in [0.717, 1.165) is 32.5 Å². The number of carbonyl (C=O) groups excluding carboxylic acids is 2. The minimum atomic E-state index is -0.780. The Bertz CT molecular complexity index is 381. The highest BCUT2D eigenvalue weighted by Gasteiger charge is 2.46. The Balaban J connectivity index is 2.20. The first kappa shape index (κ1) is 14.3. The fourth-order valence-electron chi connectivity index (χ4n) is 3.12. The number of nitrogens with one attached hydrogen (secondary N) is 1. The van der Waals surface area contributed by atoms with Gasteiger partial charge in [0, 0.05) is 12.6 Å². The summed E-state index contributed by atoms with van der Waals surface area (Å²) in [7, 11) is 0. The molecule has 0 radical (unpaired) electrons. The van der Waals surface area contributed by atoms with Crippen molar-refractivity contribution in [3.8, 4) is 0 Å². The van der Waals surface area contributed by atoms with E-state index in [9.17, 15) is 9.59 Å². The Kier molecular flexibility index (Phi) is 3.85. The number of piperidine rings is 1. The van der Waals surface area contributed by atoms with Gasteiger partial charge in [0.1, 0.15) is 11.6 Å². The minimum Gasteiger partial charge on any atom is -0.340 e. The van der Waals surface area contributed by atoms with Crippen molar-refractivity contribution in [1.29, 1.82) is 0 Å². The molecule has 2 fully saturated rings. The molecule has 5 nitrogen and oxygen atoms in total. The maximum Gasteiger partial charge on any atom is 0.248 e. The van der Waals surface area contributed by atoms with Crippen molar-refractivity contribution in [2.24, 2.45) is 0 Å². The number of amides is 2. The topological polar surface area (TPSA) is 52.6 Å². The number of rotatable bonds is 2. The van der Waals surface area contributed by atoms with Gasteiger partial charge in [-0.3, -0.25) is 9.59 Å². The first-order valence-corrected chi connectivity index (χ1v) is 7.24. The normalized spacial score (nSPS) is 32.3. The smallest absolute Gasteiger partial charge is 0.248 e. The van der Waals surface area contributed by atoms with Gasteiger partial charge in [-0.1, -0.05) is 6.92 Å². The summed E-state index contributed by atoms with van der Waals surface area (Å²) < 4.78 is 0. The molecule has 5 heteroatoms. The van der Waals surface area contributed by atoms with Crippen LogP contribution in [-0.4, -0.2) is 58.9 Å². The third-order valence-corrected chi connectivity index (χ3v) is 4.32. The molecule has 2 rings (SSSR count). The van der Waals surface area contributed by atoms with Gasteiger partial charge < -0.3 is 15.1 Å². The number of nitrogens with zero attached hydrogens (tertiary/aromatic N) is 2. The highest BCUT2D eigenvalue weighted by molar-refractivity contribution is 5.99. The minimum absolute atomic E-state index is 0.0433. The van der Waals surface area contributed by atoms with Gasteiger partial charge in [0.2, 0.25) is 11.8 Å². The first-order chi connectivity index (χ1) is 8.86. The molecule has 0 aromatic rings. The molecule has 0 saturated carbocycles. The van der Waals surface area contributed by atoms with E-state index >= 15 is 0 Å². The molecule has 2 aliphatic heterocycles. The zero-order chi connectivity index (χ0) is 14.2. The van der Waals surface area contributed by atoms with Gasteiger partial charge in [0.05, 0.1) is 0 Å². The molecule has 2 aliphatic rings. The lowest BCUT2D eigenvalue weighted by atomic mass is 9.93. The van der Waals surface area contributed by atoms with E-state index in [-0.39, 0.29) is 23.9 Å². The van der Waals surface area contributed by atoms with Crippen molar-refractivity contribution in [1.82, 2.24) is 15.1 Å². The van der Waals surface area contributed by atoms with Gasteiger partial charge in [-0.2, -0.15) is 0 Å². The molecule has 1 N–H and O–H groups in total. The number of hydrogen-bond donors (Lipinski definition) is 1. The zero-order valence-electron chi connectivity index (χ0n) is 12.4. The van der Waals surface area contributed by atoms with Crippen LogP contribution in [0.2, 0.25) is 0 Å². The molecule has 19 heavy (non-hydrogen) atoms. The summed E-state index contributed by atoms with van der Waals surface area (Å²) in [6, 6.07) is -0.191. The third kappa shape index (κ3) is 2.61. The highest BCUT2D eigenvalue weighted by atomic mass is 16.2. The van der Waals surface area contributed by atoms with Crippen molar-refractivity contribution in [3.63, 3.8) is 0 Å². The van der Waals surface area contributed by atoms with Crippen molar-refractivity contribution < 1.29 is 9.59 Å². The van der Waals surface area contributed by atoms with E-state index in [0.29, 0.717) is 0 Å². The van der Waals surface area contributed by atoms with Crippen LogP contribution >= 0.6 is 0 Å². The predicted octanol–water partition coefficient (Wildman–Crippen LogP) is 0.596. The number of likely N-dealkylation sites (N-methyl/N-ethyl adjacent to an activating group) is 1. The van der Waals surface area contributed by atoms with Gasteiger partial charge in [-0.25, -0.2) is 0 Å². The van der Waals surface area contributed by atoms with Crippen molar-refractivity contribution in [2.45, 2.75) is 58.2 Å². The Morgan fingerprint density at radius 3 is 2.68 bits per heavy atom. The predicted molar refractivity (Wildman–Crippen MR) is 73.7 cm³/mol. The Morgan fingerprint density at radius 1 is 1.37 bits per heavy atom. The zero-order valence-corrected chi connectivity index (χ0v) is 12.4. The van der Waals surface area contributed by atoms with Gasteiger partial charge >= 0.3 is 0 Å². The third-order valence-electron chi connectivity index (χ3n) is 4.32. The van der Waals surface area contributed by atoms with Crippen molar-refractivity contribution in [3.05, 3.63) is 0 Å². The summed E-state index contributed by atoms with van der Waals surface area (Å²) in [5.41, 5.74) is -0.780. The second-order valence-electron chi connectivity index (χ2n) is 6.19. The lowest BCUT2D eigenvalue weighted by Gasteiger charge is -2.47. The summed E-state index contributed by atoms with van der Waals surface area (Å²) in [6.45, 7) is 10.5.